The van der Waals surface area contributed by atoms with Gasteiger partial charge in [0.25, 0.3) is 0 Å². The van der Waals surface area contributed by atoms with E-state index in [0.29, 0.717) is 23.2 Å². The van der Waals surface area contributed by atoms with E-state index >= 15 is 4.39 Å². The summed E-state index contributed by atoms with van der Waals surface area (Å²) in [6.07, 6.45) is 5.50. The summed E-state index contributed by atoms with van der Waals surface area (Å²) >= 11 is 4.82. The number of nitrogens with two attached hydrogens (primary N) is 1. The SMILES string of the molecule is CN(C)[C@@H]1CCN(c2cc(N3CCC(Cc4ccc(F)cc4)CC3)c(F)cc2C=NNC(N)=S)C1. The molecular weight excluding hydrogens is 466 g/mol. The second kappa shape index (κ2) is 11.3. The summed E-state index contributed by atoms with van der Waals surface area (Å²) in [5.74, 6) is 0.0434. The molecule has 6 nitrogen and oxygen atoms in total. The van der Waals surface area contributed by atoms with Crippen molar-refractivity contribution in [2.45, 2.75) is 31.7 Å². The first kappa shape index (κ1) is 25.3. The molecular formula is C26H34F2N6S. The standard InChI is InChI=1S/C26H34F2N6S/c1-32(2)22-9-12-34(17-22)24-15-25(23(28)14-20(24)16-30-31-26(29)35)33-10-7-19(8-11-33)13-18-3-5-21(27)6-4-18/h3-6,14-16,19,22H,7-13,17H2,1-2H3,(H3,29,31,35)/t22-/m1/s1. The Hall–Kier alpha value is -2.78. The van der Waals surface area contributed by atoms with Gasteiger partial charge in [-0.3, -0.25) is 5.43 Å². The lowest BCUT2D eigenvalue weighted by Gasteiger charge is -2.35. The van der Waals surface area contributed by atoms with E-state index in [0.717, 1.165) is 63.1 Å². The van der Waals surface area contributed by atoms with E-state index in [4.69, 9.17) is 18.0 Å². The van der Waals surface area contributed by atoms with E-state index in [2.05, 4.69) is 39.3 Å². The molecule has 0 aliphatic carbocycles. The van der Waals surface area contributed by atoms with Crippen molar-refractivity contribution in [3.63, 3.8) is 0 Å². The highest BCUT2D eigenvalue weighted by Crippen LogP contribution is 2.34. The number of thiocarbonyl (C=S) groups is 1. The molecule has 2 saturated heterocycles. The van der Waals surface area contributed by atoms with Crippen molar-refractivity contribution in [2.75, 3.05) is 50.1 Å². The van der Waals surface area contributed by atoms with Crippen LogP contribution in [0.4, 0.5) is 20.2 Å². The van der Waals surface area contributed by atoms with E-state index in [1.807, 2.05) is 18.2 Å². The van der Waals surface area contributed by atoms with Gasteiger partial charge in [0, 0.05) is 43.5 Å². The summed E-state index contributed by atoms with van der Waals surface area (Å²) in [5, 5.41) is 4.15. The fourth-order valence-corrected chi connectivity index (χ4v) is 5.12. The molecule has 0 saturated carbocycles. The maximum atomic E-state index is 15.3. The Morgan fingerprint density at radius 3 is 2.40 bits per heavy atom. The van der Waals surface area contributed by atoms with E-state index in [-0.39, 0.29) is 16.7 Å². The lowest BCUT2D eigenvalue weighted by Crippen LogP contribution is -2.35. The number of piperidine rings is 1. The van der Waals surface area contributed by atoms with E-state index in [1.54, 1.807) is 12.3 Å². The van der Waals surface area contributed by atoms with Crippen LogP contribution in [0, 0.1) is 17.6 Å². The number of likely N-dealkylation sites (N-methyl/N-ethyl adjacent to an activating group) is 1. The third-order valence-electron chi connectivity index (χ3n) is 7.10. The average Bonchev–Trinajstić information content (AvgIpc) is 3.32. The Bertz CT molecular complexity index is 1050. The zero-order valence-electron chi connectivity index (χ0n) is 20.4. The molecule has 1 atom stereocenters. The summed E-state index contributed by atoms with van der Waals surface area (Å²) in [6.45, 7) is 3.36. The van der Waals surface area contributed by atoms with Crippen LogP contribution in [-0.2, 0) is 6.42 Å². The Morgan fingerprint density at radius 2 is 1.77 bits per heavy atom. The Kier molecular flexibility index (Phi) is 8.18. The van der Waals surface area contributed by atoms with Crippen molar-refractivity contribution in [2.24, 2.45) is 16.8 Å². The summed E-state index contributed by atoms with van der Waals surface area (Å²) < 4.78 is 28.5. The maximum Gasteiger partial charge on any atom is 0.184 e. The van der Waals surface area contributed by atoms with Crippen LogP contribution in [0.25, 0.3) is 0 Å². The van der Waals surface area contributed by atoms with Crippen LogP contribution >= 0.6 is 12.2 Å². The molecule has 2 aromatic rings. The number of rotatable bonds is 7. The normalized spacial score (nSPS) is 19.2. The molecule has 0 bridgehead atoms. The second-order valence-corrected chi connectivity index (χ2v) is 10.1. The molecule has 4 rings (SSSR count). The molecule has 9 heteroatoms. The van der Waals surface area contributed by atoms with Crippen LogP contribution in [0.15, 0.2) is 41.5 Å². The smallest absolute Gasteiger partial charge is 0.184 e. The van der Waals surface area contributed by atoms with Crippen molar-refractivity contribution < 1.29 is 8.78 Å². The van der Waals surface area contributed by atoms with Crippen LogP contribution in [0.1, 0.15) is 30.4 Å². The van der Waals surface area contributed by atoms with Gasteiger partial charge in [0.2, 0.25) is 0 Å². The minimum Gasteiger partial charge on any atom is -0.375 e. The quantitative estimate of drug-likeness (QED) is 0.343. The summed E-state index contributed by atoms with van der Waals surface area (Å²) in [7, 11) is 4.18. The first-order valence-electron chi connectivity index (χ1n) is 12.1. The molecule has 0 amide bonds. The van der Waals surface area contributed by atoms with Gasteiger partial charge in [-0.1, -0.05) is 12.1 Å². The topological polar surface area (TPSA) is 60.1 Å². The Labute approximate surface area is 211 Å². The lowest BCUT2D eigenvalue weighted by atomic mass is 9.90. The monoisotopic (exact) mass is 500 g/mol. The van der Waals surface area contributed by atoms with Gasteiger partial charge in [-0.15, -0.1) is 0 Å². The van der Waals surface area contributed by atoms with E-state index < -0.39 is 0 Å². The van der Waals surface area contributed by atoms with Gasteiger partial charge >= 0.3 is 0 Å². The first-order chi connectivity index (χ1) is 16.8. The first-order valence-corrected chi connectivity index (χ1v) is 12.5. The number of halogens is 2. The minimum atomic E-state index is -0.258. The molecule has 188 valence electrons. The van der Waals surface area contributed by atoms with E-state index in [1.165, 1.54) is 12.1 Å². The number of benzene rings is 2. The minimum absolute atomic E-state index is 0.0669. The fourth-order valence-electron chi connectivity index (χ4n) is 5.07. The zero-order chi connectivity index (χ0) is 24.9. The molecule has 0 spiro atoms. The Morgan fingerprint density at radius 1 is 1.09 bits per heavy atom. The van der Waals surface area contributed by atoms with Crippen molar-refractivity contribution in [3.8, 4) is 0 Å². The predicted molar refractivity (Wildman–Crippen MR) is 143 cm³/mol. The third kappa shape index (κ3) is 6.46. The van der Waals surface area contributed by atoms with Gasteiger partial charge < -0.3 is 20.4 Å². The van der Waals surface area contributed by atoms with Crippen molar-refractivity contribution >= 4 is 34.9 Å². The highest BCUT2D eigenvalue weighted by atomic mass is 32.1. The molecule has 35 heavy (non-hydrogen) atoms. The van der Waals surface area contributed by atoms with Crippen LogP contribution in [0.2, 0.25) is 0 Å². The van der Waals surface area contributed by atoms with Gasteiger partial charge in [-0.05, 0) is 87.7 Å². The number of nitrogens with zero attached hydrogens (tertiary/aromatic N) is 4. The van der Waals surface area contributed by atoms with Gasteiger partial charge in [0.05, 0.1) is 11.9 Å². The molecule has 0 aromatic heterocycles. The number of nitrogens with one attached hydrogen (secondary N) is 1. The van der Waals surface area contributed by atoms with Gasteiger partial charge in [0.1, 0.15) is 11.6 Å². The Balaban J connectivity index is 1.51. The predicted octanol–water partition coefficient (Wildman–Crippen LogP) is 3.73. The van der Waals surface area contributed by atoms with Crippen molar-refractivity contribution in [1.29, 1.82) is 0 Å². The molecule has 0 radical (unpaired) electrons. The molecule has 2 aliphatic rings. The van der Waals surface area contributed by atoms with Crippen LogP contribution < -0.4 is 21.0 Å². The fraction of sp³-hybridized carbons (Fsp3) is 0.462. The van der Waals surface area contributed by atoms with Crippen molar-refractivity contribution in [3.05, 3.63) is 59.2 Å². The van der Waals surface area contributed by atoms with Gasteiger partial charge in [-0.2, -0.15) is 5.10 Å². The van der Waals surface area contributed by atoms with Gasteiger partial charge in [-0.25, -0.2) is 8.78 Å². The second-order valence-electron chi connectivity index (χ2n) is 9.71. The average molecular weight is 501 g/mol. The number of hydrogen-bond donors (Lipinski definition) is 2. The van der Waals surface area contributed by atoms with Crippen LogP contribution in [-0.4, -0.2) is 62.5 Å². The molecule has 0 unspecified atom stereocenters. The van der Waals surface area contributed by atoms with Crippen molar-refractivity contribution in [1.82, 2.24) is 10.3 Å². The summed E-state index contributed by atoms with van der Waals surface area (Å²) in [5.41, 5.74) is 11.5. The highest BCUT2D eigenvalue weighted by Gasteiger charge is 2.28. The largest absolute Gasteiger partial charge is 0.375 e. The lowest BCUT2D eigenvalue weighted by molar-refractivity contribution is 0.315. The number of hydrazone groups is 1. The number of anilines is 2. The molecule has 2 fully saturated rings. The molecule has 2 heterocycles. The molecule has 2 aromatic carbocycles. The third-order valence-corrected chi connectivity index (χ3v) is 7.19. The van der Waals surface area contributed by atoms with Crippen LogP contribution in [0.3, 0.4) is 0 Å². The molecule has 3 N–H and O–H groups in total. The van der Waals surface area contributed by atoms with Crippen LogP contribution in [0.5, 0.6) is 0 Å². The number of hydrogen-bond acceptors (Lipinski definition) is 5. The van der Waals surface area contributed by atoms with Gasteiger partial charge in [0.15, 0.2) is 5.11 Å². The maximum absolute atomic E-state index is 15.3. The highest BCUT2D eigenvalue weighted by molar-refractivity contribution is 7.80. The zero-order valence-corrected chi connectivity index (χ0v) is 21.2. The molecule has 2 aliphatic heterocycles. The summed E-state index contributed by atoms with van der Waals surface area (Å²) in [6, 6.07) is 10.7. The summed E-state index contributed by atoms with van der Waals surface area (Å²) in [4.78, 5) is 6.68. The van der Waals surface area contributed by atoms with E-state index in [9.17, 15) is 4.39 Å².